The van der Waals surface area contributed by atoms with Gasteiger partial charge in [0.25, 0.3) is 0 Å². The van der Waals surface area contributed by atoms with Gasteiger partial charge in [0.1, 0.15) is 11.8 Å². The molecule has 1 aliphatic carbocycles. The lowest BCUT2D eigenvalue weighted by molar-refractivity contribution is -0.00677. The Morgan fingerprint density at radius 2 is 1.82 bits per heavy atom. The van der Waals surface area contributed by atoms with Gasteiger partial charge in [-0.05, 0) is 64.2 Å². The SMILES string of the molecule is CC(C)(C)OC(=O)N1CCN([C@H]2CC[C@H](COc3ccc(S(C)(=O)=O)cc3F)C[C@H]2F)CC1. The fraction of sp³-hybridized carbons (Fsp3) is 0.696. The zero-order chi connectivity index (χ0) is 24.4. The highest BCUT2D eigenvalue weighted by atomic mass is 32.2. The zero-order valence-corrected chi connectivity index (χ0v) is 20.5. The largest absolute Gasteiger partial charge is 0.490 e. The molecule has 3 rings (SSSR count). The van der Waals surface area contributed by atoms with Crippen molar-refractivity contribution >= 4 is 15.9 Å². The smallest absolute Gasteiger partial charge is 0.410 e. The number of carbonyl (C=O) groups is 1. The summed E-state index contributed by atoms with van der Waals surface area (Å²) in [5.41, 5.74) is -0.544. The third-order valence-electron chi connectivity index (χ3n) is 6.09. The molecular formula is C23H34F2N2O5S. The van der Waals surface area contributed by atoms with Crippen molar-refractivity contribution in [3.05, 3.63) is 24.0 Å². The second kappa shape index (κ2) is 10.1. The molecule has 0 unspecified atom stereocenters. The maximum atomic E-state index is 15.0. The van der Waals surface area contributed by atoms with Gasteiger partial charge in [-0.1, -0.05) is 0 Å². The molecule has 0 N–H and O–H groups in total. The lowest BCUT2D eigenvalue weighted by Gasteiger charge is -2.43. The topological polar surface area (TPSA) is 76.2 Å². The molecule has 3 atom stereocenters. The highest BCUT2D eigenvalue weighted by molar-refractivity contribution is 7.90. The van der Waals surface area contributed by atoms with Crippen LogP contribution in [0.1, 0.15) is 40.0 Å². The molecule has 0 radical (unpaired) electrons. The van der Waals surface area contributed by atoms with E-state index in [2.05, 4.69) is 4.90 Å². The number of alkyl halides is 1. The van der Waals surface area contributed by atoms with Gasteiger partial charge in [0.2, 0.25) is 0 Å². The Hall–Kier alpha value is -1.94. The van der Waals surface area contributed by atoms with E-state index in [4.69, 9.17) is 9.47 Å². The molecule has 0 spiro atoms. The van der Waals surface area contributed by atoms with Crippen LogP contribution in [0.25, 0.3) is 0 Å². The number of hydrogen-bond donors (Lipinski definition) is 0. The van der Waals surface area contributed by atoms with Gasteiger partial charge in [0, 0.05) is 38.5 Å². The van der Waals surface area contributed by atoms with Crippen LogP contribution in [-0.4, -0.2) is 81.2 Å². The Kier molecular flexibility index (Phi) is 7.88. The lowest BCUT2D eigenvalue weighted by atomic mass is 9.84. The monoisotopic (exact) mass is 488 g/mol. The van der Waals surface area contributed by atoms with E-state index >= 15 is 4.39 Å². The Morgan fingerprint density at radius 1 is 1.15 bits per heavy atom. The Labute approximate surface area is 194 Å². The molecule has 1 aliphatic heterocycles. The molecule has 0 bridgehead atoms. The molecule has 2 fully saturated rings. The molecule has 186 valence electrons. The molecule has 0 aromatic heterocycles. The minimum absolute atomic E-state index is 0.0294. The summed E-state index contributed by atoms with van der Waals surface area (Å²) in [6.07, 6.45) is 1.38. The number of halogens is 2. The van der Waals surface area contributed by atoms with Crippen molar-refractivity contribution in [3.63, 3.8) is 0 Å². The van der Waals surface area contributed by atoms with Gasteiger partial charge in [0.15, 0.2) is 21.4 Å². The first-order chi connectivity index (χ1) is 15.3. The molecular weight excluding hydrogens is 454 g/mol. The fourth-order valence-electron chi connectivity index (χ4n) is 4.34. The predicted octanol–water partition coefficient (Wildman–Crippen LogP) is 3.67. The predicted molar refractivity (Wildman–Crippen MR) is 120 cm³/mol. The normalized spacial score (nSPS) is 25.0. The van der Waals surface area contributed by atoms with Crippen molar-refractivity contribution in [3.8, 4) is 5.75 Å². The summed E-state index contributed by atoms with van der Waals surface area (Å²) in [5.74, 6) is -0.822. The highest BCUT2D eigenvalue weighted by Gasteiger charge is 2.37. The van der Waals surface area contributed by atoms with Gasteiger partial charge in [-0.15, -0.1) is 0 Å². The van der Waals surface area contributed by atoms with E-state index in [0.717, 1.165) is 18.7 Å². The second-order valence-corrected chi connectivity index (χ2v) is 12.0. The molecule has 1 saturated carbocycles. The summed E-state index contributed by atoms with van der Waals surface area (Å²) >= 11 is 0. The Bertz CT molecular complexity index is 943. The second-order valence-electron chi connectivity index (χ2n) is 9.94. The molecule has 1 aromatic rings. The first-order valence-electron chi connectivity index (χ1n) is 11.3. The van der Waals surface area contributed by atoms with Gasteiger partial charge >= 0.3 is 6.09 Å². The number of ether oxygens (including phenoxy) is 2. The molecule has 1 amide bonds. The van der Waals surface area contributed by atoms with Crippen LogP contribution in [0.5, 0.6) is 5.75 Å². The summed E-state index contributed by atoms with van der Waals surface area (Å²) in [5, 5.41) is 0. The van der Waals surface area contributed by atoms with Crippen molar-refractivity contribution in [2.45, 2.75) is 62.7 Å². The zero-order valence-electron chi connectivity index (χ0n) is 19.7. The van der Waals surface area contributed by atoms with E-state index < -0.39 is 27.4 Å². The number of piperazine rings is 1. The van der Waals surface area contributed by atoms with Gasteiger partial charge in [-0.25, -0.2) is 22.0 Å². The van der Waals surface area contributed by atoms with E-state index in [1.165, 1.54) is 12.1 Å². The van der Waals surface area contributed by atoms with Gasteiger partial charge in [0.05, 0.1) is 11.5 Å². The molecule has 1 heterocycles. The average molecular weight is 489 g/mol. The quantitative estimate of drug-likeness (QED) is 0.630. The van der Waals surface area contributed by atoms with Crippen LogP contribution in [0.2, 0.25) is 0 Å². The number of nitrogens with zero attached hydrogens (tertiary/aromatic N) is 2. The van der Waals surface area contributed by atoms with E-state index in [1.54, 1.807) is 4.90 Å². The minimum atomic E-state index is -3.50. The number of sulfone groups is 1. The first-order valence-corrected chi connectivity index (χ1v) is 13.2. The van der Waals surface area contributed by atoms with Crippen LogP contribution in [0.3, 0.4) is 0 Å². The van der Waals surface area contributed by atoms with Crippen molar-refractivity contribution in [1.29, 1.82) is 0 Å². The van der Waals surface area contributed by atoms with E-state index in [9.17, 15) is 17.6 Å². The number of carbonyl (C=O) groups excluding carboxylic acids is 1. The summed E-state index contributed by atoms with van der Waals surface area (Å²) in [4.78, 5) is 15.9. The summed E-state index contributed by atoms with van der Waals surface area (Å²) in [6.45, 7) is 7.88. The third kappa shape index (κ3) is 7.02. The molecule has 33 heavy (non-hydrogen) atoms. The molecule has 1 aromatic carbocycles. The number of hydrogen-bond acceptors (Lipinski definition) is 6. The number of benzene rings is 1. The van der Waals surface area contributed by atoms with Crippen molar-refractivity contribution in [2.24, 2.45) is 5.92 Å². The Balaban J connectivity index is 1.46. The highest BCUT2D eigenvalue weighted by Crippen LogP contribution is 2.32. The summed E-state index contributed by atoms with van der Waals surface area (Å²) in [7, 11) is -3.50. The maximum Gasteiger partial charge on any atom is 0.410 e. The van der Waals surface area contributed by atoms with Crippen LogP contribution < -0.4 is 4.74 Å². The van der Waals surface area contributed by atoms with Gasteiger partial charge in [-0.3, -0.25) is 4.90 Å². The van der Waals surface area contributed by atoms with Crippen LogP contribution in [-0.2, 0) is 14.6 Å². The molecule has 10 heteroatoms. The number of amides is 1. The van der Waals surface area contributed by atoms with Crippen LogP contribution >= 0.6 is 0 Å². The van der Waals surface area contributed by atoms with Gasteiger partial charge in [-0.2, -0.15) is 0 Å². The van der Waals surface area contributed by atoms with Crippen LogP contribution in [0.15, 0.2) is 23.1 Å². The number of rotatable bonds is 5. The Morgan fingerprint density at radius 3 is 2.36 bits per heavy atom. The fourth-order valence-corrected chi connectivity index (χ4v) is 4.98. The van der Waals surface area contributed by atoms with E-state index in [1.807, 2.05) is 20.8 Å². The first kappa shape index (κ1) is 25.7. The summed E-state index contributed by atoms with van der Waals surface area (Å²) in [6, 6.07) is 3.34. The maximum absolute atomic E-state index is 15.0. The third-order valence-corrected chi connectivity index (χ3v) is 7.20. The molecule has 7 nitrogen and oxygen atoms in total. The summed E-state index contributed by atoms with van der Waals surface area (Å²) < 4.78 is 63.2. The van der Waals surface area contributed by atoms with Gasteiger partial charge < -0.3 is 14.4 Å². The average Bonchev–Trinajstić information content (AvgIpc) is 2.71. The van der Waals surface area contributed by atoms with Crippen molar-refractivity contribution in [2.75, 3.05) is 39.0 Å². The van der Waals surface area contributed by atoms with Crippen LogP contribution in [0.4, 0.5) is 13.6 Å². The van der Waals surface area contributed by atoms with Crippen LogP contribution in [0, 0.1) is 11.7 Å². The minimum Gasteiger partial charge on any atom is -0.490 e. The van der Waals surface area contributed by atoms with E-state index in [-0.39, 0.29) is 35.3 Å². The standard InChI is InChI=1S/C23H34F2N2O5S/c1-23(2,3)32-22(28)27-11-9-26(10-12-27)20-7-5-16(13-18(20)24)15-31-21-8-6-17(14-19(21)25)33(4,29)30/h6,8,14,16,18,20H,5,7,9-13,15H2,1-4H3/t16-,18+,20-/m0/s1. The van der Waals surface area contributed by atoms with Crippen molar-refractivity contribution in [1.82, 2.24) is 9.80 Å². The molecule has 2 aliphatic rings. The van der Waals surface area contributed by atoms with Crippen molar-refractivity contribution < 1.29 is 31.5 Å². The van der Waals surface area contributed by atoms with E-state index in [0.29, 0.717) is 39.0 Å². The lowest BCUT2D eigenvalue weighted by Crippen LogP contribution is -2.56. The molecule has 1 saturated heterocycles.